The van der Waals surface area contributed by atoms with Gasteiger partial charge in [0.25, 0.3) is 5.91 Å². The van der Waals surface area contributed by atoms with E-state index >= 15 is 0 Å². The van der Waals surface area contributed by atoms with Gasteiger partial charge in [0.1, 0.15) is 0 Å². The lowest BCUT2D eigenvalue weighted by Gasteiger charge is -2.17. The molecule has 2 atom stereocenters. The molecule has 0 aromatic heterocycles. The summed E-state index contributed by atoms with van der Waals surface area (Å²) < 4.78 is 0. The van der Waals surface area contributed by atoms with Crippen LogP contribution in [0.25, 0.3) is 21.9 Å². The van der Waals surface area contributed by atoms with Crippen LogP contribution in [0.1, 0.15) is 34.7 Å². The zero-order chi connectivity index (χ0) is 20.2. The zero-order valence-electron chi connectivity index (χ0n) is 16.8. The van der Waals surface area contributed by atoms with E-state index in [0.717, 1.165) is 16.7 Å². The van der Waals surface area contributed by atoms with E-state index in [2.05, 4.69) is 47.8 Å². The summed E-state index contributed by atoms with van der Waals surface area (Å²) in [6.45, 7) is 1.88. The maximum absolute atomic E-state index is 13.0. The van der Waals surface area contributed by atoms with Gasteiger partial charge >= 0.3 is 0 Å². The van der Waals surface area contributed by atoms with Crippen molar-refractivity contribution in [3.05, 3.63) is 71.8 Å². The first kappa shape index (κ1) is 17.7. The van der Waals surface area contributed by atoms with Crippen molar-refractivity contribution in [2.45, 2.75) is 18.8 Å². The van der Waals surface area contributed by atoms with Crippen molar-refractivity contribution in [3.8, 4) is 11.1 Å². The lowest BCUT2D eigenvalue weighted by Crippen LogP contribution is -2.33. The molecule has 4 heteroatoms. The molecule has 0 bridgehead atoms. The average Bonchev–Trinajstić information content (AvgIpc) is 3.46. The van der Waals surface area contributed by atoms with E-state index in [1.165, 1.54) is 29.5 Å². The van der Waals surface area contributed by atoms with Crippen molar-refractivity contribution in [3.63, 3.8) is 0 Å². The highest BCUT2D eigenvalue weighted by Crippen LogP contribution is 2.40. The second-order valence-electron chi connectivity index (χ2n) is 8.99. The number of benzene rings is 3. The Morgan fingerprint density at radius 1 is 0.867 bits per heavy atom. The Bertz CT molecular complexity index is 1160. The standard InChI is InChI=1S/C26H24N2O2/c29-25-24-15-28(14-23(24)13-27-25)26(30)22-10-9-20-11-19(7-8-21(20)12-22)18-5-3-17(4-6-18)16-1-2-16/h3-12,16,23-24H,1-2,13-15H2,(H,27,29)/t23-,24+/m0/s1. The first-order valence-electron chi connectivity index (χ1n) is 10.9. The number of rotatable bonds is 3. The number of hydrogen-bond donors (Lipinski definition) is 1. The molecule has 1 saturated carbocycles. The smallest absolute Gasteiger partial charge is 0.253 e. The van der Waals surface area contributed by atoms with Crippen molar-refractivity contribution in [2.24, 2.45) is 11.8 Å². The van der Waals surface area contributed by atoms with Crippen LogP contribution in [-0.2, 0) is 4.79 Å². The molecule has 0 spiro atoms. The van der Waals surface area contributed by atoms with Crippen molar-refractivity contribution in [2.75, 3.05) is 19.6 Å². The van der Waals surface area contributed by atoms with Crippen LogP contribution >= 0.6 is 0 Å². The molecule has 2 heterocycles. The van der Waals surface area contributed by atoms with Gasteiger partial charge in [0.05, 0.1) is 5.92 Å². The summed E-state index contributed by atoms with van der Waals surface area (Å²) >= 11 is 0. The second kappa shape index (κ2) is 6.69. The lowest BCUT2D eigenvalue weighted by atomic mass is 9.98. The average molecular weight is 396 g/mol. The van der Waals surface area contributed by atoms with Gasteiger partial charge in [-0.1, -0.05) is 42.5 Å². The SMILES string of the molecule is O=C1NC[C@H]2CN(C(=O)c3ccc4cc(-c5ccc(C6CC6)cc5)ccc4c3)C[C@@H]12. The molecule has 30 heavy (non-hydrogen) atoms. The van der Waals surface area contributed by atoms with Crippen LogP contribution in [0.15, 0.2) is 60.7 Å². The van der Waals surface area contributed by atoms with Crippen LogP contribution in [0.4, 0.5) is 0 Å². The number of carbonyl (C=O) groups is 2. The van der Waals surface area contributed by atoms with Gasteiger partial charge < -0.3 is 10.2 Å². The summed E-state index contributed by atoms with van der Waals surface area (Å²) in [6, 6.07) is 21.3. The molecule has 3 aliphatic rings. The Kier molecular flexibility index (Phi) is 3.95. The topological polar surface area (TPSA) is 49.4 Å². The summed E-state index contributed by atoms with van der Waals surface area (Å²) in [6.07, 6.45) is 2.64. The zero-order valence-corrected chi connectivity index (χ0v) is 16.8. The predicted octanol–water partition coefficient (Wildman–Crippen LogP) is 4.20. The number of amides is 2. The summed E-state index contributed by atoms with van der Waals surface area (Å²) in [5.41, 5.74) is 4.57. The fraction of sp³-hybridized carbons (Fsp3) is 0.308. The molecular formula is C26H24N2O2. The minimum atomic E-state index is -0.0386. The van der Waals surface area contributed by atoms with E-state index in [-0.39, 0.29) is 23.7 Å². The van der Waals surface area contributed by atoms with Gasteiger partial charge in [-0.3, -0.25) is 9.59 Å². The number of nitrogens with zero attached hydrogens (tertiary/aromatic N) is 1. The Balaban J connectivity index is 1.24. The molecular weight excluding hydrogens is 372 g/mol. The van der Waals surface area contributed by atoms with Crippen molar-refractivity contribution < 1.29 is 9.59 Å². The van der Waals surface area contributed by atoms with Gasteiger partial charge in [-0.2, -0.15) is 0 Å². The summed E-state index contributed by atoms with van der Waals surface area (Å²) in [5, 5.41) is 5.10. The molecule has 0 radical (unpaired) electrons. The summed E-state index contributed by atoms with van der Waals surface area (Å²) in [7, 11) is 0. The maximum Gasteiger partial charge on any atom is 0.253 e. The van der Waals surface area contributed by atoms with Gasteiger partial charge in [-0.25, -0.2) is 0 Å². The first-order chi connectivity index (χ1) is 14.7. The number of hydrogen-bond acceptors (Lipinski definition) is 2. The largest absolute Gasteiger partial charge is 0.355 e. The molecule has 4 nitrogen and oxygen atoms in total. The quantitative estimate of drug-likeness (QED) is 0.721. The molecule has 150 valence electrons. The van der Waals surface area contributed by atoms with Crippen LogP contribution in [0, 0.1) is 11.8 Å². The van der Waals surface area contributed by atoms with Gasteiger partial charge in [0, 0.05) is 31.1 Å². The number of carbonyl (C=O) groups excluding carboxylic acids is 2. The van der Waals surface area contributed by atoms with Crippen molar-refractivity contribution in [1.82, 2.24) is 10.2 Å². The molecule has 6 rings (SSSR count). The predicted molar refractivity (Wildman–Crippen MR) is 117 cm³/mol. The fourth-order valence-electron chi connectivity index (χ4n) is 5.01. The molecule has 3 aromatic carbocycles. The molecule has 3 aromatic rings. The van der Waals surface area contributed by atoms with Crippen LogP contribution < -0.4 is 5.32 Å². The highest BCUT2D eigenvalue weighted by atomic mass is 16.2. The van der Waals surface area contributed by atoms with Gasteiger partial charge in [0.2, 0.25) is 5.91 Å². The van der Waals surface area contributed by atoms with Gasteiger partial charge in [-0.15, -0.1) is 0 Å². The number of fused-ring (bicyclic) bond motifs is 2. The van der Waals surface area contributed by atoms with E-state index in [0.29, 0.717) is 25.2 Å². The monoisotopic (exact) mass is 396 g/mol. The molecule has 2 aliphatic heterocycles. The molecule has 2 saturated heterocycles. The minimum Gasteiger partial charge on any atom is -0.355 e. The summed E-state index contributed by atoms with van der Waals surface area (Å²) in [4.78, 5) is 26.7. The highest BCUT2D eigenvalue weighted by molar-refractivity contribution is 6.00. The van der Waals surface area contributed by atoms with Gasteiger partial charge in [0.15, 0.2) is 0 Å². The lowest BCUT2D eigenvalue weighted by molar-refractivity contribution is -0.122. The Morgan fingerprint density at radius 2 is 1.60 bits per heavy atom. The Morgan fingerprint density at radius 3 is 2.37 bits per heavy atom. The third kappa shape index (κ3) is 2.98. The fourth-order valence-corrected chi connectivity index (χ4v) is 5.01. The first-order valence-corrected chi connectivity index (χ1v) is 10.9. The van der Waals surface area contributed by atoms with Crippen LogP contribution in [0.3, 0.4) is 0 Å². The molecule has 1 aliphatic carbocycles. The molecule has 1 N–H and O–H groups in total. The van der Waals surface area contributed by atoms with Crippen molar-refractivity contribution in [1.29, 1.82) is 0 Å². The Hall–Kier alpha value is -3.14. The third-order valence-electron chi connectivity index (χ3n) is 6.98. The molecule has 2 amide bonds. The van der Waals surface area contributed by atoms with E-state index in [9.17, 15) is 9.59 Å². The minimum absolute atomic E-state index is 0.0267. The van der Waals surface area contributed by atoms with E-state index < -0.39 is 0 Å². The second-order valence-corrected chi connectivity index (χ2v) is 8.99. The van der Waals surface area contributed by atoms with E-state index in [4.69, 9.17) is 0 Å². The number of likely N-dealkylation sites (tertiary alicyclic amines) is 1. The molecule has 3 fully saturated rings. The van der Waals surface area contributed by atoms with Crippen LogP contribution in [-0.4, -0.2) is 36.3 Å². The molecule has 0 unspecified atom stereocenters. The summed E-state index contributed by atoms with van der Waals surface area (Å²) in [5.74, 6) is 1.11. The highest BCUT2D eigenvalue weighted by Gasteiger charge is 2.43. The third-order valence-corrected chi connectivity index (χ3v) is 6.98. The van der Waals surface area contributed by atoms with Crippen LogP contribution in [0.2, 0.25) is 0 Å². The Labute approximate surface area is 175 Å². The van der Waals surface area contributed by atoms with E-state index in [1.54, 1.807) is 0 Å². The normalized spacial score (nSPS) is 22.9. The van der Waals surface area contributed by atoms with E-state index in [1.807, 2.05) is 23.1 Å². The maximum atomic E-state index is 13.0. The van der Waals surface area contributed by atoms with Gasteiger partial charge in [-0.05, 0) is 64.4 Å². The van der Waals surface area contributed by atoms with Crippen molar-refractivity contribution >= 4 is 22.6 Å². The van der Waals surface area contributed by atoms with Crippen LogP contribution in [0.5, 0.6) is 0 Å². The number of nitrogens with one attached hydrogen (secondary N) is 1.